The van der Waals surface area contributed by atoms with Gasteiger partial charge in [-0.25, -0.2) is 4.98 Å². The highest BCUT2D eigenvalue weighted by Gasteiger charge is 2.23. The van der Waals surface area contributed by atoms with E-state index in [-0.39, 0.29) is 5.41 Å². The molecule has 20 heavy (non-hydrogen) atoms. The Morgan fingerprint density at radius 1 is 1.15 bits per heavy atom. The van der Waals surface area contributed by atoms with Crippen LogP contribution >= 0.6 is 0 Å². The van der Waals surface area contributed by atoms with Crippen LogP contribution in [0.2, 0.25) is 0 Å². The van der Waals surface area contributed by atoms with Crippen LogP contribution in [0.25, 0.3) is 11.0 Å². The summed E-state index contributed by atoms with van der Waals surface area (Å²) >= 11 is 0. The molecule has 0 spiro atoms. The molecule has 0 amide bonds. The number of aromatic nitrogens is 2. The molecular formula is C17H27N3. The third kappa shape index (κ3) is 2.97. The molecule has 1 aromatic heterocycles. The van der Waals surface area contributed by atoms with E-state index >= 15 is 0 Å². The fourth-order valence-corrected chi connectivity index (χ4v) is 2.66. The van der Waals surface area contributed by atoms with Crippen LogP contribution in [0, 0.1) is 0 Å². The number of unbranched alkanes of at least 4 members (excludes halogenated alkanes) is 3. The van der Waals surface area contributed by atoms with E-state index in [0.29, 0.717) is 0 Å². The highest BCUT2D eigenvalue weighted by Crippen LogP contribution is 2.29. The summed E-state index contributed by atoms with van der Waals surface area (Å²) in [7, 11) is 0. The Balaban J connectivity index is 2.40. The number of hydrogen-bond donors (Lipinski definition) is 1. The number of para-hydroxylation sites is 1. The lowest BCUT2D eigenvalue weighted by Crippen LogP contribution is -2.19. The van der Waals surface area contributed by atoms with Crippen molar-refractivity contribution in [2.24, 2.45) is 0 Å². The van der Waals surface area contributed by atoms with Gasteiger partial charge < -0.3 is 10.3 Å². The number of hydrogen-bond acceptors (Lipinski definition) is 2. The zero-order valence-corrected chi connectivity index (χ0v) is 13.2. The minimum absolute atomic E-state index is 0.0379. The number of fused-ring (bicyclic) bond motifs is 1. The smallest absolute Gasteiger partial charge is 0.115 e. The molecule has 3 heteroatoms. The van der Waals surface area contributed by atoms with E-state index in [1.54, 1.807) is 0 Å². The van der Waals surface area contributed by atoms with Crippen LogP contribution in [-0.2, 0) is 12.0 Å². The molecule has 0 aliphatic rings. The molecule has 0 aliphatic heterocycles. The highest BCUT2D eigenvalue weighted by molar-refractivity contribution is 5.87. The Hall–Kier alpha value is -1.51. The molecule has 0 saturated carbocycles. The predicted octanol–water partition coefficient (Wildman–Crippen LogP) is 4.50. The maximum Gasteiger partial charge on any atom is 0.115 e. The van der Waals surface area contributed by atoms with Gasteiger partial charge >= 0.3 is 0 Å². The molecule has 2 N–H and O–H groups in total. The van der Waals surface area contributed by atoms with Crippen LogP contribution in [0.15, 0.2) is 18.2 Å². The first-order valence-electron chi connectivity index (χ1n) is 7.70. The van der Waals surface area contributed by atoms with E-state index in [0.717, 1.165) is 23.6 Å². The summed E-state index contributed by atoms with van der Waals surface area (Å²) in [5, 5.41) is 0. The standard InChI is InChI=1S/C17H27N3/c1-5-6-7-8-12-20-14-11-9-10-13(18)15(14)19-16(20)17(2,3)4/h9-11H,5-8,12,18H2,1-4H3. The number of anilines is 1. The fraction of sp³-hybridized carbons (Fsp3) is 0.588. The van der Waals surface area contributed by atoms with Gasteiger partial charge in [-0.15, -0.1) is 0 Å². The molecule has 0 unspecified atom stereocenters. The van der Waals surface area contributed by atoms with E-state index in [9.17, 15) is 0 Å². The number of nitrogens with zero attached hydrogens (tertiary/aromatic N) is 2. The molecule has 110 valence electrons. The van der Waals surface area contributed by atoms with Crippen molar-refractivity contribution in [3.8, 4) is 0 Å². The largest absolute Gasteiger partial charge is 0.397 e. The molecule has 1 aromatic carbocycles. The van der Waals surface area contributed by atoms with E-state index in [1.165, 1.54) is 31.2 Å². The summed E-state index contributed by atoms with van der Waals surface area (Å²) in [6.07, 6.45) is 5.06. The van der Waals surface area contributed by atoms with Gasteiger partial charge in [0.15, 0.2) is 0 Å². The van der Waals surface area contributed by atoms with Gasteiger partial charge in [0.2, 0.25) is 0 Å². The van der Waals surface area contributed by atoms with Crippen molar-refractivity contribution < 1.29 is 0 Å². The first kappa shape index (κ1) is 14.9. The highest BCUT2D eigenvalue weighted by atomic mass is 15.1. The van der Waals surface area contributed by atoms with Crippen LogP contribution < -0.4 is 5.73 Å². The van der Waals surface area contributed by atoms with Gasteiger partial charge in [-0.1, -0.05) is 53.0 Å². The Bertz CT molecular complexity index is 576. The number of benzene rings is 1. The molecule has 1 heterocycles. The minimum atomic E-state index is 0.0379. The molecule has 2 rings (SSSR count). The lowest BCUT2D eigenvalue weighted by Gasteiger charge is -2.20. The van der Waals surface area contributed by atoms with Crippen molar-refractivity contribution in [1.29, 1.82) is 0 Å². The third-order valence-electron chi connectivity index (χ3n) is 3.72. The molecule has 0 aliphatic carbocycles. The quantitative estimate of drug-likeness (QED) is 0.644. The van der Waals surface area contributed by atoms with Gasteiger partial charge in [-0.3, -0.25) is 0 Å². The molecule has 0 atom stereocenters. The summed E-state index contributed by atoms with van der Waals surface area (Å²) in [5.41, 5.74) is 9.02. The van der Waals surface area contributed by atoms with Gasteiger partial charge in [0.1, 0.15) is 11.3 Å². The minimum Gasteiger partial charge on any atom is -0.397 e. The molecule has 2 aromatic rings. The van der Waals surface area contributed by atoms with Crippen molar-refractivity contribution in [1.82, 2.24) is 9.55 Å². The maximum absolute atomic E-state index is 6.08. The van der Waals surface area contributed by atoms with Crippen molar-refractivity contribution in [2.45, 2.75) is 65.3 Å². The van der Waals surface area contributed by atoms with Crippen LogP contribution in [0.5, 0.6) is 0 Å². The van der Waals surface area contributed by atoms with Crippen LogP contribution in [-0.4, -0.2) is 9.55 Å². The van der Waals surface area contributed by atoms with Crippen LogP contribution in [0.4, 0.5) is 5.69 Å². The summed E-state index contributed by atoms with van der Waals surface area (Å²) in [6.45, 7) is 9.92. The van der Waals surface area contributed by atoms with Crippen LogP contribution in [0.1, 0.15) is 59.2 Å². The van der Waals surface area contributed by atoms with E-state index in [1.807, 2.05) is 12.1 Å². The molecule has 0 fully saturated rings. The number of imidazole rings is 1. The fourth-order valence-electron chi connectivity index (χ4n) is 2.66. The van der Waals surface area contributed by atoms with Crippen molar-refractivity contribution in [2.75, 3.05) is 5.73 Å². The first-order valence-corrected chi connectivity index (χ1v) is 7.70. The molecule has 0 bridgehead atoms. The number of aryl methyl sites for hydroxylation is 1. The van der Waals surface area contributed by atoms with E-state index < -0.39 is 0 Å². The van der Waals surface area contributed by atoms with E-state index in [2.05, 4.69) is 38.3 Å². The Kier molecular flexibility index (Phi) is 4.36. The van der Waals surface area contributed by atoms with E-state index in [4.69, 9.17) is 10.7 Å². The van der Waals surface area contributed by atoms with Crippen molar-refractivity contribution in [3.05, 3.63) is 24.0 Å². The number of nitrogens with two attached hydrogens (primary N) is 1. The van der Waals surface area contributed by atoms with Gasteiger partial charge in [0.25, 0.3) is 0 Å². The number of nitrogen functional groups attached to an aromatic ring is 1. The lowest BCUT2D eigenvalue weighted by atomic mass is 9.95. The van der Waals surface area contributed by atoms with Crippen LogP contribution in [0.3, 0.4) is 0 Å². The average Bonchev–Trinajstić information content (AvgIpc) is 2.75. The second-order valence-electron chi connectivity index (χ2n) is 6.61. The average molecular weight is 273 g/mol. The van der Waals surface area contributed by atoms with Gasteiger partial charge in [-0.2, -0.15) is 0 Å². The third-order valence-corrected chi connectivity index (χ3v) is 3.72. The Morgan fingerprint density at radius 3 is 2.55 bits per heavy atom. The summed E-state index contributed by atoms with van der Waals surface area (Å²) in [6, 6.07) is 6.09. The van der Waals surface area contributed by atoms with Gasteiger partial charge in [0, 0.05) is 12.0 Å². The Morgan fingerprint density at radius 2 is 1.90 bits per heavy atom. The zero-order chi connectivity index (χ0) is 14.8. The summed E-state index contributed by atoms with van der Waals surface area (Å²) < 4.78 is 2.36. The monoisotopic (exact) mass is 273 g/mol. The Labute approximate surface area is 122 Å². The van der Waals surface area contributed by atoms with Crippen molar-refractivity contribution >= 4 is 16.7 Å². The lowest BCUT2D eigenvalue weighted by molar-refractivity contribution is 0.488. The summed E-state index contributed by atoms with van der Waals surface area (Å²) in [5.74, 6) is 1.14. The second kappa shape index (κ2) is 5.86. The number of rotatable bonds is 5. The second-order valence-corrected chi connectivity index (χ2v) is 6.61. The zero-order valence-electron chi connectivity index (χ0n) is 13.2. The van der Waals surface area contributed by atoms with Gasteiger partial charge in [0.05, 0.1) is 11.2 Å². The topological polar surface area (TPSA) is 43.8 Å². The van der Waals surface area contributed by atoms with Crippen molar-refractivity contribution in [3.63, 3.8) is 0 Å². The summed E-state index contributed by atoms with van der Waals surface area (Å²) in [4.78, 5) is 4.82. The molecular weight excluding hydrogens is 246 g/mol. The molecule has 0 saturated heterocycles. The first-order chi connectivity index (χ1) is 9.45. The molecule has 0 radical (unpaired) electrons. The maximum atomic E-state index is 6.08. The van der Waals surface area contributed by atoms with Gasteiger partial charge in [-0.05, 0) is 18.6 Å². The molecule has 3 nitrogen and oxygen atoms in total. The normalized spacial score (nSPS) is 12.2. The SMILES string of the molecule is CCCCCCn1c(C(C)(C)C)nc2c(N)cccc21. The predicted molar refractivity (Wildman–Crippen MR) is 87.0 cm³/mol.